The Kier molecular flexibility index (Phi) is 5.32. The van der Waals surface area contributed by atoms with E-state index in [-0.39, 0.29) is 16.6 Å². The maximum absolute atomic E-state index is 13.2. The number of halogens is 1. The topological polar surface area (TPSA) is 110 Å². The first-order valence-electron chi connectivity index (χ1n) is 9.55. The Balaban J connectivity index is 1.64. The molecule has 0 spiro atoms. The minimum Gasteiger partial charge on any atom is -0.362 e. The number of hydrogen-bond donors (Lipinski definition) is 2. The van der Waals surface area contributed by atoms with Crippen LogP contribution in [0.4, 0.5) is 4.39 Å². The van der Waals surface area contributed by atoms with Gasteiger partial charge in [0.15, 0.2) is 9.84 Å². The van der Waals surface area contributed by atoms with E-state index in [1.54, 1.807) is 29.2 Å². The van der Waals surface area contributed by atoms with Gasteiger partial charge >= 0.3 is 0 Å². The lowest BCUT2D eigenvalue weighted by atomic mass is 10.1. The molecule has 0 saturated carbocycles. The number of nitrogens with zero attached hydrogens (tertiary/aromatic N) is 3. The standard InChI is InChI=1S/C21H20FN5O3S/c1-3-18(19-8-15(9-24-19)31(2,29)30)26-21(28)17-10-23-12-20-16(17)11-25-27(20)14-6-4-13(22)5-7-14/h4-12,18,24H,3H2,1-2H3,(H,26,28). The van der Waals surface area contributed by atoms with Gasteiger partial charge < -0.3 is 10.3 Å². The van der Waals surface area contributed by atoms with E-state index in [1.807, 2.05) is 6.92 Å². The first kappa shape index (κ1) is 20.7. The smallest absolute Gasteiger partial charge is 0.254 e. The molecule has 0 fully saturated rings. The molecule has 4 rings (SSSR count). The molecule has 1 atom stereocenters. The van der Waals surface area contributed by atoms with Gasteiger partial charge in [-0.05, 0) is 36.8 Å². The zero-order valence-electron chi connectivity index (χ0n) is 16.8. The van der Waals surface area contributed by atoms with E-state index in [0.29, 0.717) is 34.3 Å². The number of nitrogens with one attached hydrogen (secondary N) is 2. The summed E-state index contributed by atoms with van der Waals surface area (Å²) in [7, 11) is -3.35. The predicted molar refractivity (Wildman–Crippen MR) is 113 cm³/mol. The lowest BCUT2D eigenvalue weighted by molar-refractivity contribution is 0.0936. The van der Waals surface area contributed by atoms with Crippen LogP contribution in [-0.4, -0.2) is 40.3 Å². The normalized spacial score (nSPS) is 12.7. The van der Waals surface area contributed by atoms with E-state index in [2.05, 4.69) is 20.4 Å². The van der Waals surface area contributed by atoms with Crippen molar-refractivity contribution in [3.63, 3.8) is 0 Å². The fourth-order valence-electron chi connectivity index (χ4n) is 3.35. The number of amides is 1. The number of H-pyrrole nitrogens is 1. The lowest BCUT2D eigenvalue weighted by Gasteiger charge is -2.16. The SMILES string of the molecule is CCC(NC(=O)c1cncc2c1cnn2-c1ccc(F)cc1)c1cc(S(C)(=O)=O)c[nH]1. The van der Waals surface area contributed by atoms with E-state index >= 15 is 0 Å². The summed E-state index contributed by atoms with van der Waals surface area (Å²) < 4.78 is 38.3. The Labute approximate surface area is 178 Å². The van der Waals surface area contributed by atoms with Crippen molar-refractivity contribution in [2.24, 2.45) is 0 Å². The molecule has 0 aliphatic rings. The van der Waals surface area contributed by atoms with Gasteiger partial charge in [-0.2, -0.15) is 5.10 Å². The number of aromatic amines is 1. The Bertz CT molecular complexity index is 1360. The van der Waals surface area contributed by atoms with E-state index < -0.39 is 15.9 Å². The molecule has 10 heteroatoms. The molecule has 0 bridgehead atoms. The van der Waals surface area contributed by atoms with Gasteiger partial charge in [0, 0.05) is 29.7 Å². The summed E-state index contributed by atoms with van der Waals surface area (Å²) in [5.41, 5.74) is 2.17. The quantitative estimate of drug-likeness (QED) is 0.478. The van der Waals surface area contributed by atoms with Crippen LogP contribution in [0.3, 0.4) is 0 Å². The van der Waals surface area contributed by atoms with Crippen molar-refractivity contribution in [3.8, 4) is 5.69 Å². The van der Waals surface area contributed by atoms with Crippen LogP contribution in [0.25, 0.3) is 16.6 Å². The van der Waals surface area contributed by atoms with Crippen molar-refractivity contribution >= 4 is 26.6 Å². The molecule has 0 radical (unpaired) electrons. The van der Waals surface area contributed by atoms with Crippen LogP contribution < -0.4 is 5.32 Å². The molecule has 0 saturated heterocycles. The number of hydrogen-bond acceptors (Lipinski definition) is 5. The Hall–Kier alpha value is -3.53. The Morgan fingerprint density at radius 1 is 1.23 bits per heavy atom. The van der Waals surface area contributed by atoms with Crippen LogP contribution in [0.2, 0.25) is 0 Å². The number of pyridine rings is 1. The molecule has 3 aromatic heterocycles. The fraction of sp³-hybridized carbons (Fsp3) is 0.190. The molecule has 1 aromatic carbocycles. The summed E-state index contributed by atoms with van der Waals surface area (Å²) in [6.45, 7) is 1.89. The largest absolute Gasteiger partial charge is 0.362 e. The van der Waals surface area contributed by atoms with Crippen LogP contribution in [0.1, 0.15) is 35.4 Å². The van der Waals surface area contributed by atoms with Gasteiger partial charge in [-0.3, -0.25) is 9.78 Å². The first-order chi connectivity index (χ1) is 14.8. The minimum atomic E-state index is -3.35. The number of aromatic nitrogens is 4. The molecule has 3 heterocycles. The molecule has 31 heavy (non-hydrogen) atoms. The summed E-state index contributed by atoms with van der Waals surface area (Å²) in [5.74, 6) is -0.716. The molecular weight excluding hydrogens is 421 g/mol. The average Bonchev–Trinajstić information content (AvgIpc) is 3.39. The third kappa shape index (κ3) is 4.06. The van der Waals surface area contributed by atoms with Gasteiger partial charge in [0.2, 0.25) is 0 Å². The maximum atomic E-state index is 13.2. The van der Waals surface area contributed by atoms with Gasteiger partial charge in [0.1, 0.15) is 5.82 Å². The molecule has 8 nitrogen and oxygen atoms in total. The summed E-state index contributed by atoms with van der Waals surface area (Å²) in [6.07, 6.45) is 7.69. The van der Waals surface area contributed by atoms with Crippen molar-refractivity contribution in [1.29, 1.82) is 0 Å². The van der Waals surface area contributed by atoms with Crippen molar-refractivity contribution in [2.45, 2.75) is 24.3 Å². The molecule has 4 aromatic rings. The van der Waals surface area contributed by atoms with E-state index in [1.165, 1.54) is 30.6 Å². The molecule has 2 N–H and O–H groups in total. The number of rotatable bonds is 6. The Morgan fingerprint density at radius 2 is 1.97 bits per heavy atom. The van der Waals surface area contributed by atoms with Crippen molar-refractivity contribution in [1.82, 2.24) is 25.1 Å². The second-order valence-electron chi connectivity index (χ2n) is 7.15. The third-order valence-electron chi connectivity index (χ3n) is 5.01. The van der Waals surface area contributed by atoms with Crippen molar-refractivity contribution < 1.29 is 17.6 Å². The number of sulfone groups is 1. The average molecular weight is 441 g/mol. The lowest BCUT2D eigenvalue weighted by Crippen LogP contribution is -2.28. The van der Waals surface area contributed by atoms with Crippen LogP contribution in [0.5, 0.6) is 0 Å². The van der Waals surface area contributed by atoms with E-state index in [9.17, 15) is 17.6 Å². The molecule has 1 amide bonds. The number of fused-ring (bicyclic) bond motifs is 1. The highest BCUT2D eigenvalue weighted by atomic mass is 32.2. The van der Waals surface area contributed by atoms with Crippen molar-refractivity contribution in [2.75, 3.05) is 6.26 Å². The third-order valence-corrected chi connectivity index (χ3v) is 6.10. The van der Waals surface area contributed by atoms with Gasteiger partial charge in [-0.1, -0.05) is 6.92 Å². The van der Waals surface area contributed by atoms with Gasteiger partial charge in [-0.15, -0.1) is 0 Å². The van der Waals surface area contributed by atoms with Gasteiger partial charge in [0.25, 0.3) is 5.91 Å². The highest BCUT2D eigenvalue weighted by Gasteiger charge is 2.21. The van der Waals surface area contributed by atoms with Gasteiger partial charge in [-0.25, -0.2) is 17.5 Å². The Morgan fingerprint density at radius 3 is 2.61 bits per heavy atom. The first-order valence-corrected chi connectivity index (χ1v) is 11.4. The highest BCUT2D eigenvalue weighted by molar-refractivity contribution is 7.90. The summed E-state index contributed by atoms with van der Waals surface area (Å²) in [5, 5.41) is 7.84. The fourth-order valence-corrected chi connectivity index (χ4v) is 3.97. The van der Waals surface area contributed by atoms with Crippen LogP contribution in [-0.2, 0) is 9.84 Å². The number of carbonyl (C=O) groups excluding carboxylic acids is 1. The van der Waals surface area contributed by atoms with Crippen LogP contribution in [0, 0.1) is 5.82 Å². The zero-order valence-corrected chi connectivity index (χ0v) is 17.6. The second kappa shape index (κ2) is 7.95. The molecule has 1 unspecified atom stereocenters. The second-order valence-corrected chi connectivity index (χ2v) is 9.17. The maximum Gasteiger partial charge on any atom is 0.254 e. The number of carbonyl (C=O) groups is 1. The van der Waals surface area contributed by atoms with E-state index in [0.717, 1.165) is 6.26 Å². The summed E-state index contributed by atoms with van der Waals surface area (Å²) in [6, 6.07) is 6.96. The van der Waals surface area contributed by atoms with E-state index in [4.69, 9.17) is 0 Å². The summed E-state index contributed by atoms with van der Waals surface area (Å²) >= 11 is 0. The zero-order chi connectivity index (χ0) is 22.2. The molecule has 160 valence electrons. The number of benzene rings is 1. The predicted octanol–water partition coefficient (Wildman–Crippen LogP) is 3.17. The molecule has 0 aliphatic carbocycles. The molecule has 0 aliphatic heterocycles. The summed E-state index contributed by atoms with van der Waals surface area (Å²) in [4.78, 5) is 20.3. The monoisotopic (exact) mass is 441 g/mol. The van der Waals surface area contributed by atoms with Gasteiger partial charge in [0.05, 0.1) is 40.1 Å². The minimum absolute atomic E-state index is 0.166. The van der Waals surface area contributed by atoms with Crippen LogP contribution in [0.15, 0.2) is 60.0 Å². The van der Waals surface area contributed by atoms with Crippen LogP contribution >= 0.6 is 0 Å². The van der Waals surface area contributed by atoms with Crippen molar-refractivity contribution in [3.05, 3.63) is 72.2 Å². The highest BCUT2D eigenvalue weighted by Crippen LogP contribution is 2.23. The molecular formula is C21H20FN5O3S.